The van der Waals surface area contributed by atoms with Crippen molar-refractivity contribution in [1.82, 2.24) is 4.57 Å². The third-order valence-electron chi connectivity index (χ3n) is 5.85. The van der Waals surface area contributed by atoms with E-state index in [2.05, 4.69) is 5.32 Å². The Balaban J connectivity index is 1.77. The Kier molecular flexibility index (Phi) is 6.66. The van der Waals surface area contributed by atoms with Crippen LogP contribution in [0.2, 0.25) is 0 Å². The summed E-state index contributed by atoms with van der Waals surface area (Å²) in [4.78, 5) is 38.1. The van der Waals surface area contributed by atoms with Crippen LogP contribution in [0.1, 0.15) is 57.8 Å². The number of amides is 1. The fourth-order valence-corrected chi connectivity index (χ4v) is 3.75. The van der Waals surface area contributed by atoms with E-state index in [-0.39, 0.29) is 41.5 Å². The van der Waals surface area contributed by atoms with Gasteiger partial charge in [-0.25, -0.2) is 4.39 Å². The molecule has 1 aliphatic rings. The number of halogens is 1. The minimum Gasteiger partial charge on any atom is -0.396 e. The molecule has 1 heterocycles. The second kappa shape index (κ2) is 9.23. The van der Waals surface area contributed by atoms with Crippen LogP contribution < -0.4 is 5.32 Å². The second-order valence-electron chi connectivity index (χ2n) is 7.91. The molecule has 1 fully saturated rings. The second-order valence-corrected chi connectivity index (χ2v) is 7.91. The summed E-state index contributed by atoms with van der Waals surface area (Å²) in [5.74, 6) is -2.03. The molecule has 1 saturated carbocycles. The van der Waals surface area contributed by atoms with Gasteiger partial charge in [0.2, 0.25) is 11.6 Å². The Morgan fingerprint density at radius 1 is 1.32 bits per heavy atom. The smallest absolute Gasteiger partial charge is 0.272 e. The zero-order valence-electron chi connectivity index (χ0n) is 17.4. The summed E-state index contributed by atoms with van der Waals surface area (Å²) in [5, 5.41) is 20.7. The highest BCUT2D eigenvalue weighted by Crippen LogP contribution is 2.40. The number of aliphatic hydroxyl groups is 1. The van der Waals surface area contributed by atoms with Crippen molar-refractivity contribution in [3.05, 3.63) is 52.6 Å². The van der Waals surface area contributed by atoms with Gasteiger partial charge < -0.3 is 15.0 Å². The summed E-state index contributed by atoms with van der Waals surface area (Å²) >= 11 is 0. The molecule has 1 unspecified atom stereocenters. The van der Waals surface area contributed by atoms with Crippen molar-refractivity contribution in [1.29, 1.82) is 5.26 Å². The molecule has 2 N–H and O–H groups in total. The van der Waals surface area contributed by atoms with Crippen LogP contribution in [-0.4, -0.2) is 33.8 Å². The molecular formula is C23H24FN3O4. The fraction of sp³-hybridized carbons (Fsp3) is 0.391. The van der Waals surface area contributed by atoms with E-state index < -0.39 is 23.3 Å². The van der Waals surface area contributed by atoms with Crippen LogP contribution in [-0.2, 0) is 11.8 Å². The quantitative estimate of drug-likeness (QED) is 0.473. The molecule has 2 aromatic rings. The minimum atomic E-state index is -0.688. The number of nitrogens with one attached hydrogen (secondary N) is 1. The van der Waals surface area contributed by atoms with Gasteiger partial charge in [0.25, 0.3) is 5.91 Å². The van der Waals surface area contributed by atoms with Gasteiger partial charge in [0.15, 0.2) is 0 Å². The third kappa shape index (κ3) is 4.89. The SMILES string of the molecule is Cc1c(C(=O)C(=O)CC(CCO)C2CC2)cc(C(=O)Nc2ccc(F)c(C#N)c2)n1C. The Bertz CT molecular complexity index is 1080. The van der Waals surface area contributed by atoms with E-state index >= 15 is 0 Å². The lowest BCUT2D eigenvalue weighted by molar-refractivity contribution is -0.116. The first-order chi connectivity index (χ1) is 14.8. The summed E-state index contributed by atoms with van der Waals surface area (Å²) in [6.07, 6.45) is 2.61. The van der Waals surface area contributed by atoms with E-state index in [0.717, 1.165) is 18.9 Å². The standard InChI is InChI=1S/C23H24FN3O4/c1-13-18(22(30)21(29)10-15(7-8-28)14-3-4-14)11-20(27(13)2)23(31)26-17-5-6-19(24)16(9-17)12-25/h5-6,9,11,14-15,28H,3-4,7-8,10H2,1-2H3,(H,26,31). The number of anilines is 1. The number of hydrogen-bond donors (Lipinski definition) is 2. The summed E-state index contributed by atoms with van der Waals surface area (Å²) in [6.45, 7) is 1.63. The summed E-state index contributed by atoms with van der Waals surface area (Å²) in [6, 6.07) is 6.72. The number of carbonyl (C=O) groups excluding carboxylic acids is 3. The van der Waals surface area contributed by atoms with Gasteiger partial charge in [0.1, 0.15) is 17.6 Å². The molecule has 0 saturated heterocycles. The first kappa shape index (κ1) is 22.4. The van der Waals surface area contributed by atoms with Crippen molar-refractivity contribution in [3.63, 3.8) is 0 Å². The highest BCUT2D eigenvalue weighted by atomic mass is 19.1. The van der Waals surface area contributed by atoms with Gasteiger partial charge in [-0.2, -0.15) is 5.26 Å². The molecule has 3 rings (SSSR count). The number of ketones is 2. The summed E-state index contributed by atoms with van der Waals surface area (Å²) in [5.41, 5.74) is 0.835. The number of carbonyl (C=O) groups is 3. The van der Waals surface area contributed by atoms with E-state index in [4.69, 9.17) is 5.26 Å². The Labute approximate surface area is 179 Å². The molecule has 1 atom stereocenters. The van der Waals surface area contributed by atoms with Crippen molar-refractivity contribution >= 4 is 23.2 Å². The van der Waals surface area contributed by atoms with E-state index in [1.54, 1.807) is 20.0 Å². The van der Waals surface area contributed by atoms with Crippen molar-refractivity contribution in [3.8, 4) is 6.07 Å². The molecule has 162 valence electrons. The number of aliphatic hydroxyl groups excluding tert-OH is 1. The number of benzene rings is 1. The molecule has 0 radical (unpaired) electrons. The predicted octanol–water partition coefficient (Wildman–Crippen LogP) is 3.15. The minimum absolute atomic E-state index is 0.000966. The lowest BCUT2D eigenvalue weighted by atomic mass is 9.91. The maximum Gasteiger partial charge on any atom is 0.272 e. The largest absolute Gasteiger partial charge is 0.396 e. The Hall–Kier alpha value is -3.31. The third-order valence-corrected chi connectivity index (χ3v) is 5.85. The highest BCUT2D eigenvalue weighted by Gasteiger charge is 2.34. The van der Waals surface area contributed by atoms with E-state index in [1.165, 1.54) is 22.8 Å². The van der Waals surface area contributed by atoms with Crippen LogP contribution in [0.3, 0.4) is 0 Å². The molecule has 8 heteroatoms. The van der Waals surface area contributed by atoms with Crippen LogP contribution in [0.4, 0.5) is 10.1 Å². The summed E-state index contributed by atoms with van der Waals surface area (Å²) < 4.78 is 15.0. The lowest BCUT2D eigenvalue weighted by Crippen LogP contribution is -2.20. The van der Waals surface area contributed by atoms with Gasteiger partial charge in [-0.15, -0.1) is 0 Å². The van der Waals surface area contributed by atoms with Crippen LogP contribution in [0.5, 0.6) is 0 Å². The molecule has 0 spiro atoms. The van der Waals surface area contributed by atoms with Gasteiger partial charge in [-0.3, -0.25) is 14.4 Å². The lowest BCUT2D eigenvalue weighted by Gasteiger charge is -2.13. The van der Waals surface area contributed by atoms with Crippen molar-refractivity contribution in [2.24, 2.45) is 18.9 Å². The van der Waals surface area contributed by atoms with Crippen LogP contribution >= 0.6 is 0 Å². The average molecular weight is 425 g/mol. The number of hydrogen-bond acceptors (Lipinski definition) is 5. The predicted molar refractivity (Wildman–Crippen MR) is 111 cm³/mol. The van der Waals surface area contributed by atoms with Crippen molar-refractivity contribution in [2.45, 2.75) is 32.6 Å². The molecule has 1 aliphatic carbocycles. The van der Waals surface area contributed by atoms with Gasteiger partial charge in [0, 0.05) is 37.0 Å². The molecular weight excluding hydrogens is 401 g/mol. The van der Waals surface area contributed by atoms with Gasteiger partial charge in [0.05, 0.1) is 5.56 Å². The number of nitriles is 1. The molecule has 7 nitrogen and oxygen atoms in total. The number of rotatable bonds is 9. The number of nitrogens with zero attached hydrogens (tertiary/aromatic N) is 2. The maximum absolute atomic E-state index is 13.5. The van der Waals surface area contributed by atoms with E-state index in [1.807, 2.05) is 0 Å². The fourth-order valence-electron chi connectivity index (χ4n) is 3.75. The maximum atomic E-state index is 13.5. The molecule has 31 heavy (non-hydrogen) atoms. The normalized spacial score (nSPS) is 14.0. The van der Waals surface area contributed by atoms with Gasteiger partial charge >= 0.3 is 0 Å². The van der Waals surface area contributed by atoms with Gasteiger partial charge in [-0.1, -0.05) is 0 Å². The molecule has 1 aromatic heterocycles. The topological polar surface area (TPSA) is 112 Å². The zero-order chi connectivity index (χ0) is 22.7. The monoisotopic (exact) mass is 425 g/mol. The molecule has 1 amide bonds. The van der Waals surface area contributed by atoms with E-state index in [9.17, 15) is 23.9 Å². The first-order valence-corrected chi connectivity index (χ1v) is 10.1. The Morgan fingerprint density at radius 3 is 2.65 bits per heavy atom. The Morgan fingerprint density at radius 2 is 2.03 bits per heavy atom. The van der Waals surface area contributed by atoms with Crippen molar-refractivity contribution < 1.29 is 23.9 Å². The zero-order valence-corrected chi connectivity index (χ0v) is 17.4. The molecule has 0 bridgehead atoms. The van der Waals surface area contributed by atoms with E-state index in [0.29, 0.717) is 18.0 Å². The average Bonchev–Trinajstić information content (AvgIpc) is 3.55. The first-order valence-electron chi connectivity index (χ1n) is 10.1. The summed E-state index contributed by atoms with van der Waals surface area (Å²) in [7, 11) is 1.61. The molecule has 0 aliphatic heterocycles. The van der Waals surface area contributed by atoms with Crippen LogP contribution in [0.25, 0.3) is 0 Å². The van der Waals surface area contributed by atoms with Crippen molar-refractivity contribution in [2.75, 3.05) is 11.9 Å². The number of Topliss-reactive ketones (excluding diaryl/α,β-unsaturated/α-hetero) is 2. The molecule has 1 aromatic carbocycles. The number of aromatic nitrogens is 1. The van der Waals surface area contributed by atoms with Crippen LogP contribution in [0, 0.1) is 35.9 Å². The van der Waals surface area contributed by atoms with Gasteiger partial charge in [-0.05, 0) is 62.3 Å². The highest BCUT2D eigenvalue weighted by molar-refractivity contribution is 6.44. The van der Waals surface area contributed by atoms with Crippen LogP contribution in [0.15, 0.2) is 24.3 Å².